The Morgan fingerprint density at radius 2 is 2.04 bits per heavy atom. The molecule has 0 saturated carbocycles. The molecule has 1 atom stereocenters. The van der Waals surface area contributed by atoms with Gasteiger partial charge in [-0.1, -0.05) is 0 Å². The quantitative estimate of drug-likeness (QED) is 0.862. The van der Waals surface area contributed by atoms with Crippen molar-refractivity contribution in [3.05, 3.63) is 33.2 Å². The molecule has 1 unspecified atom stereocenters. The van der Waals surface area contributed by atoms with Gasteiger partial charge in [0.15, 0.2) is 0 Å². The molecule has 1 aliphatic heterocycles. The number of hydrogen-bond donors (Lipinski definition) is 2. The molecule has 2 rings (SSSR count). The van der Waals surface area contributed by atoms with Gasteiger partial charge < -0.3 is 19.9 Å². The Labute approximate surface area is 154 Å². The minimum atomic E-state index is -0.559. The van der Waals surface area contributed by atoms with Crippen LogP contribution in [0.5, 0.6) is 0 Å². The van der Waals surface area contributed by atoms with Crippen LogP contribution in [0.2, 0.25) is 0 Å². The zero-order chi connectivity index (χ0) is 19.5. The number of pyridine rings is 1. The van der Waals surface area contributed by atoms with Crippen LogP contribution >= 0.6 is 0 Å². The number of aryl methyl sites for hydroxylation is 2. The summed E-state index contributed by atoms with van der Waals surface area (Å²) in [5, 5.41) is 2.84. The number of carbonyl (C=O) groups is 2. The second-order valence-electron chi connectivity index (χ2n) is 7.93. The summed E-state index contributed by atoms with van der Waals surface area (Å²) in [5.41, 5.74) is 1.47. The van der Waals surface area contributed by atoms with Crippen molar-refractivity contribution in [1.29, 1.82) is 0 Å². The monoisotopic (exact) mass is 363 g/mol. The first-order chi connectivity index (χ1) is 12.1. The van der Waals surface area contributed by atoms with Crippen LogP contribution in [-0.2, 0) is 16.1 Å². The Hall–Kier alpha value is -2.31. The van der Waals surface area contributed by atoms with Crippen molar-refractivity contribution < 1.29 is 14.3 Å². The molecule has 0 aliphatic carbocycles. The van der Waals surface area contributed by atoms with E-state index in [0.717, 1.165) is 17.7 Å². The van der Waals surface area contributed by atoms with Gasteiger partial charge in [-0.05, 0) is 59.1 Å². The van der Waals surface area contributed by atoms with Crippen LogP contribution < -0.4 is 10.9 Å². The smallest absolute Gasteiger partial charge is 0.410 e. The molecule has 0 aromatic carbocycles. The summed E-state index contributed by atoms with van der Waals surface area (Å²) in [6.07, 6.45) is 1.08. The Kier molecular flexibility index (Phi) is 6.10. The highest BCUT2D eigenvalue weighted by molar-refractivity contribution is 5.80. The van der Waals surface area contributed by atoms with Crippen molar-refractivity contribution in [2.24, 2.45) is 5.92 Å². The zero-order valence-corrected chi connectivity index (χ0v) is 16.3. The van der Waals surface area contributed by atoms with E-state index in [1.165, 1.54) is 0 Å². The fourth-order valence-corrected chi connectivity index (χ4v) is 3.10. The molecular weight excluding hydrogens is 334 g/mol. The van der Waals surface area contributed by atoms with Crippen molar-refractivity contribution in [1.82, 2.24) is 15.2 Å². The maximum atomic E-state index is 12.5. The number of ether oxygens (including phenoxy) is 1. The molecular formula is C19H29N3O4. The second kappa shape index (κ2) is 7.93. The van der Waals surface area contributed by atoms with Crippen LogP contribution in [0.15, 0.2) is 10.9 Å². The maximum absolute atomic E-state index is 12.5. The number of amides is 2. The minimum absolute atomic E-state index is 0.141. The molecule has 1 aromatic rings. The maximum Gasteiger partial charge on any atom is 0.410 e. The van der Waals surface area contributed by atoms with E-state index >= 15 is 0 Å². The summed E-state index contributed by atoms with van der Waals surface area (Å²) in [4.78, 5) is 41.1. The summed E-state index contributed by atoms with van der Waals surface area (Å²) in [6.45, 7) is 10.3. The molecule has 2 N–H and O–H groups in total. The van der Waals surface area contributed by atoms with Crippen LogP contribution in [-0.4, -0.2) is 40.6 Å². The van der Waals surface area contributed by atoms with Gasteiger partial charge in [0.25, 0.3) is 5.56 Å². The lowest BCUT2D eigenvalue weighted by molar-refractivity contribution is -0.126. The molecule has 0 spiro atoms. The van der Waals surface area contributed by atoms with Crippen molar-refractivity contribution in [2.45, 2.75) is 59.6 Å². The van der Waals surface area contributed by atoms with E-state index in [2.05, 4.69) is 10.3 Å². The first kappa shape index (κ1) is 20.0. The largest absolute Gasteiger partial charge is 0.444 e. The Balaban J connectivity index is 1.95. The standard InChI is InChI=1S/C19H29N3O4/c1-12-9-13(2)21-17(24)15(12)10-20-16(23)14-7-6-8-22(11-14)18(25)26-19(3,4)5/h9,14H,6-8,10-11H2,1-5H3,(H,20,23)(H,21,24). The first-order valence-corrected chi connectivity index (χ1v) is 9.02. The lowest BCUT2D eigenvalue weighted by Gasteiger charge is -2.33. The Morgan fingerprint density at radius 3 is 2.65 bits per heavy atom. The van der Waals surface area contributed by atoms with Gasteiger partial charge in [0.1, 0.15) is 5.60 Å². The van der Waals surface area contributed by atoms with Crippen LogP contribution in [0.3, 0.4) is 0 Å². The lowest BCUT2D eigenvalue weighted by atomic mass is 9.97. The summed E-state index contributed by atoms with van der Waals surface area (Å²) >= 11 is 0. The number of piperidine rings is 1. The molecule has 2 heterocycles. The van der Waals surface area contributed by atoms with Gasteiger partial charge in [-0.15, -0.1) is 0 Å². The fourth-order valence-electron chi connectivity index (χ4n) is 3.10. The van der Waals surface area contributed by atoms with E-state index in [-0.39, 0.29) is 30.0 Å². The van der Waals surface area contributed by atoms with Gasteiger partial charge in [0, 0.05) is 30.9 Å². The third kappa shape index (κ3) is 5.34. The SMILES string of the molecule is Cc1cc(C)c(CNC(=O)C2CCCN(C(=O)OC(C)(C)C)C2)c(=O)[nH]1. The molecule has 7 heteroatoms. The van der Waals surface area contributed by atoms with Gasteiger partial charge >= 0.3 is 6.09 Å². The molecule has 26 heavy (non-hydrogen) atoms. The third-order valence-electron chi connectivity index (χ3n) is 4.38. The second-order valence-corrected chi connectivity index (χ2v) is 7.93. The molecule has 1 fully saturated rings. The molecule has 1 aromatic heterocycles. The van der Waals surface area contributed by atoms with Crippen LogP contribution in [0.1, 0.15) is 50.4 Å². The molecule has 0 bridgehead atoms. The predicted molar refractivity (Wildman–Crippen MR) is 98.9 cm³/mol. The van der Waals surface area contributed by atoms with Crippen LogP contribution in [0, 0.1) is 19.8 Å². The zero-order valence-electron chi connectivity index (χ0n) is 16.3. The molecule has 7 nitrogen and oxygen atoms in total. The topological polar surface area (TPSA) is 91.5 Å². The van der Waals surface area contributed by atoms with Gasteiger partial charge in [-0.3, -0.25) is 9.59 Å². The van der Waals surface area contributed by atoms with Crippen LogP contribution in [0.25, 0.3) is 0 Å². The lowest BCUT2D eigenvalue weighted by Crippen LogP contribution is -2.47. The van der Waals surface area contributed by atoms with Gasteiger partial charge in [0.05, 0.1) is 5.92 Å². The molecule has 0 radical (unpaired) electrons. The summed E-state index contributed by atoms with van der Waals surface area (Å²) in [5.74, 6) is -0.432. The van der Waals surface area contributed by atoms with Crippen molar-refractivity contribution in [2.75, 3.05) is 13.1 Å². The molecule has 1 saturated heterocycles. The summed E-state index contributed by atoms with van der Waals surface area (Å²) in [7, 11) is 0. The third-order valence-corrected chi connectivity index (χ3v) is 4.38. The fraction of sp³-hybridized carbons (Fsp3) is 0.632. The van der Waals surface area contributed by atoms with Crippen LogP contribution in [0.4, 0.5) is 4.79 Å². The molecule has 2 amide bonds. The highest BCUT2D eigenvalue weighted by atomic mass is 16.6. The Morgan fingerprint density at radius 1 is 1.35 bits per heavy atom. The highest BCUT2D eigenvalue weighted by Gasteiger charge is 2.31. The molecule has 1 aliphatic rings. The normalized spacial score (nSPS) is 17.7. The van der Waals surface area contributed by atoms with Gasteiger partial charge in [-0.2, -0.15) is 0 Å². The van der Waals surface area contributed by atoms with E-state index in [4.69, 9.17) is 4.74 Å². The van der Waals surface area contributed by atoms with E-state index in [9.17, 15) is 14.4 Å². The minimum Gasteiger partial charge on any atom is -0.444 e. The number of aromatic amines is 1. The number of carbonyl (C=O) groups excluding carboxylic acids is 2. The van der Waals surface area contributed by atoms with E-state index in [0.29, 0.717) is 25.1 Å². The van der Waals surface area contributed by atoms with Crippen molar-refractivity contribution in [3.8, 4) is 0 Å². The van der Waals surface area contributed by atoms with E-state index < -0.39 is 5.60 Å². The average Bonchev–Trinajstić information content (AvgIpc) is 2.52. The number of nitrogens with zero attached hydrogens (tertiary/aromatic N) is 1. The first-order valence-electron chi connectivity index (χ1n) is 9.02. The number of rotatable bonds is 3. The number of nitrogens with one attached hydrogen (secondary N) is 2. The number of aromatic nitrogens is 1. The number of likely N-dealkylation sites (tertiary alicyclic amines) is 1. The van der Waals surface area contributed by atoms with E-state index in [1.54, 1.807) is 4.90 Å². The van der Waals surface area contributed by atoms with E-state index in [1.807, 2.05) is 40.7 Å². The average molecular weight is 363 g/mol. The highest BCUT2D eigenvalue weighted by Crippen LogP contribution is 2.19. The summed E-state index contributed by atoms with van der Waals surface area (Å²) in [6, 6.07) is 1.88. The molecule has 144 valence electrons. The Bertz CT molecular complexity index is 733. The number of hydrogen-bond acceptors (Lipinski definition) is 4. The van der Waals surface area contributed by atoms with Gasteiger partial charge in [-0.25, -0.2) is 4.79 Å². The predicted octanol–water partition coefficient (Wildman–Crippen LogP) is 2.26. The number of H-pyrrole nitrogens is 1. The summed E-state index contributed by atoms with van der Waals surface area (Å²) < 4.78 is 5.39. The van der Waals surface area contributed by atoms with Crippen molar-refractivity contribution in [3.63, 3.8) is 0 Å². The van der Waals surface area contributed by atoms with Gasteiger partial charge in [0.2, 0.25) is 5.91 Å². The van der Waals surface area contributed by atoms with Crippen molar-refractivity contribution >= 4 is 12.0 Å².